The summed E-state index contributed by atoms with van der Waals surface area (Å²) >= 11 is 0. The Hall–Kier alpha value is -1.75. The third kappa shape index (κ3) is 2.87. The predicted molar refractivity (Wildman–Crippen MR) is 61.6 cm³/mol. The van der Waals surface area contributed by atoms with E-state index in [1.54, 1.807) is 12.1 Å². The molecule has 5 nitrogen and oxygen atoms in total. The van der Waals surface area contributed by atoms with Gasteiger partial charge in [0.05, 0.1) is 18.8 Å². The largest absolute Gasteiger partial charge is 0.506 e. The fourth-order valence-electron chi connectivity index (χ4n) is 1.15. The number of nitrogens with two attached hydrogens (primary N) is 1. The van der Waals surface area contributed by atoms with Crippen molar-refractivity contribution in [1.29, 1.82) is 0 Å². The van der Waals surface area contributed by atoms with E-state index in [1.807, 2.05) is 6.92 Å². The molecule has 1 atom stereocenters. The second-order valence-corrected chi connectivity index (χ2v) is 3.39. The number of aromatic hydroxyl groups is 1. The number of carbonyl (C=O) groups is 1. The minimum absolute atomic E-state index is 0.0454. The van der Waals surface area contributed by atoms with E-state index in [4.69, 9.17) is 10.5 Å². The molecule has 0 aliphatic heterocycles. The van der Waals surface area contributed by atoms with Gasteiger partial charge in [-0.05, 0) is 18.6 Å². The Bertz CT molecular complexity index is 379. The van der Waals surface area contributed by atoms with Gasteiger partial charge in [0.15, 0.2) is 0 Å². The number of benzene rings is 1. The zero-order chi connectivity index (χ0) is 12.1. The highest BCUT2D eigenvalue weighted by Gasteiger charge is 2.13. The minimum Gasteiger partial charge on any atom is -0.506 e. The number of rotatable bonds is 4. The summed E-state index contributed by atoms with van der Waals surface area (Å²) in [5.74, 6) is 0.161. The molecule has 0 fully saturated rings. The molecule has 0 saturated heterocycles. The number of nitrogens with one attached hydrogen (secondary N) is 1. The van der Waals surface area contributed by atoms with Gasteiger partial charge in [-0.2, -0.15) is 0 Å². The molecule has 5 heteroatoms. The Labute approximate surface area is 94.2 Å². The first-order valence-electron chi connectivity index (χ1n) is 5.02. The molecule has 4 N–H and O–H groups in total. The highest BCUT2D eigenvalue weighted by Crippen LogP contribution is 2.27. The minimum atomic E-state index is -0.568. The molecular weight excluding hydrogens is 208 g/mol. The number of amides is 1. The molecule has 0 aliphatic carbocycles. The van der Waals surface area contributed by atoms with Crippen LogP contribution in [0.15, 0.2) is 18.2 Å². The molecule has 88 valence electrons. The predicted octanol–water partition coefficient (Wildman–Crippen LogP) is 1.08. The maximum Gasteiger partial charge on any atom is 0.241 e. The van der Waals surface area contributed by atoms with E-state index >= 15 is 0 Å². The number of carbonyl (C=O) groups excluding carboxylic acids is 1. The van der Waals surface area contributed by atoms with Gasteiger partial charge in [-0.1, -0.05) is 6.92 Å². The van der Waals surface area contributed by atoms with Gasteiger partial charge in [0.1, 0.15) is 11.5 Å². The molecule has 0 saturated carbocycles. The quantitative estimate of drug-likeness (QED) is 0.668. The number of methoxy groups -OCH3 is 1. The van der Waals surface area contributed by atoms with Crippen molar-refractivity contribution < 1.29 is 14.6 Å². The van der Waals surface area contributed by atoms with Crippen molar-refractivity contribution >= 4 is 11.6 Å². The van der Waals surface area contributed by atoms with Gasteiger partial charge in [0.2, 0.25) is 5.91 Å². The highest BCUT2D eigenvalue weighted by atomic mass is 16.5. The van der Waals surface area contributed by atoms with Crippen molar-refractivity contribution in [3.05, 3.63) is 18.2 Å². The van der Waals surface area contributed by atoms with E-state index in [9.17, 15) is 9.90 Å². The number of phenols is 1. The summed E-state index contributed by atoms with van der Waals surface area (Å²) in [6.07, 6.45) is 0.544. The summed E-state index contributed by atoms with van der Waals surface area (Å²) in [6.45, 7) is 1.82. The maximum atomic E-state index is 11.5. The van der Waals surface area contributed by atoms with Crippen molar-refractivity contribution in [2.75, 3.05) is 12.4 Å². The maximum absolute atomic E-state index is 11.5. The normalized spacial score (nSPS) is 11.9. The van der Waals surface area contributed by atoms with E-state index in [0.29, 0.717) is 17.9 Å². The summed E-state index contributed by atoms with van der Waals surface area (Å²) in [5, 5.41) is 12.1. The first-order chi connectivity index (χ1) is 7.58. The Morgan fingerprint density at radius 2 is 2.31 bits per heavy atom. The van der Waals surface area contributed by atoms with Crippen LogP contribution in [0, 0.1) is 0 Å². The second kappa shape index (κ2) is 5.37. The molecule has 0 aliphatic rings. The molecule has 1 aromatic carbocycles. The molecule has 16 heavy (non-hydrogen) atoms. The fourth-order valence-corrected chi connectivity index (χ4v) is 1.15. The summed E-state index contributed by atoms with van der Waals surface area (Å²) in [4.78, 5) is 11.5. The van der Waals surface area contributed by atoms with Crippen LogP contribution in [0.25, 0.3) is 0 Å². The van der Waals surface area contributed by atoms with E-state index in [0.717, 1.165) is 0 Å². The van der Waals surface area contributed by atoms with Crippen molar-refractivity contribution in [2.24, 2.45) is 5.73 Å². The Morgan fingerprint density at radius 1 is 1.62 bits per heavy atom. The van der Waals surface area contributed by atoms with Crippen molar-refractivity contribution in [3.63, 3.8) is 0 Å². The molecule has 0 bridgehead atoms. The number of ether oxygens (including phenoxy) is 1. The van der Waals surface area contributed by atoms with Gasteiger partial charge >= 0.3 is 0 Å². The molecule has 1 amide bonds. The lowest BCUT2D eigenvalue weighted by Gasteiger charge is -2.11. The van der Waals surface area contributed by atoms with E-state index in [-0.39, 0.29) is 11.7 Å². The summed E-state index contributed by atoms with van der Waals surface area (Å²) in [5.41, 5.74) is 5.88. The monoisotopic (exact) mass is 224 g/mol. The highest BCUT2D eigenvalue weighted by molar-refractivity contribution is 5.95. The number of anilines is 1. The van der Waals surface area contributed by atoms with Crippen LogP contribution >= 0.6 is 0 Å². The standard InChI is InChI=1S/C11H16N2O3/c1-3-8(12)11(15)13-9-5-4-7(16-2)6-10(9)14/h4-6,8,14H,3,12H2,1-2H3,(H,13,15)/t8-/m1/s1. The first kappa shape index (κ1) is 12.3. The summed E-state index contributed by atoms with van der Waals surface area (Å²) < 4.78 is 4.93. The molecular formula is C11H16N2O3. The summed E-state index contributed by atoms with van der Waals surface area (Å²) in [6, 6.07) is 4.07. The SMILES string of the molecule is CC[C@@H](N)C(=O)Nc1ccc(OC)cc1O. The van der Waals surface area contributed by atoms with Gasteiger partial charge in [-0.25, -0.2) is 0 Å². The number of hydrogen-bond donors (Lipinski definition) is 3. The van der Waals surface area contributed by atoms with Crippen LogP contribution in [-0.2, 0) is 4.79 Å². The van der Waals surface area contributed by atoms with Crippen LogP contribution in [0.1, 0.15) is 13.3 Å². The van der Waals surface area contributed by atoms with E-state index in [1.165, 1.54) is 13.2 Å². The van der Waals surface area contributed by atoms with Crippen LogP contribution < -0.4 is 15.8 Å². The molecule has 0 spiro atoms. The molecule has 0 unspecified atom stereocenters. The molecule has 0 aromatic heterocycles. The van der Waals surface area contributed by atoms with Crippen LogP contribution in [-0.4, -0.2) is 24.2 Å². The van der Waals surface area contributed by atoms with Crippen LogP contribution in [0.2, 0.25) is 0 Å². The molecule has 0 heterocycles. The van der Waals surface area contributed by atoms with Gasteiger partial charge < -0.3 is 20.9 Å². The summed E-state index contributed by atoms with van der Waals surface area (Å²) in [7, 11) is 1.50. The zero-order valence-corrected chi connectivity index (χ0v) is 9.36. The average molecular weight is 224 g/mol. The average Bonchev–Trinajstić information content (AvgIpc) is 2.30. The van der Waals surface area contributed by atoms with Crippen molar-refractivity contribution in [3.8, 4) is 11.5 Å². The van der Waals surface area contributed by atoms with Gasteiger partial charge in [-0.15, -0.1) is 0 Å². The third-order valence-electron chi connectivity index (χ3n) is 2.24. The lowest BCUT2D eigenvalue weighted by Crippen LogP contribution is -2.34. The Kier molecular flexibility index (Phi) is 4.13. The van der Waals surface area contributed by atoms with Crippen molar-refractivity contribution in [2.45, 2.75) is 19.4 Å². The van der Waals surface area contributed by atoms with E-state index < -0.39 is 6.04 Å². The number of phenolic OH excluding ortho intramolecular Hbond substituents is 1. The van der Waals surface area contributed by atoms with Crippen LogP contribution in [0.5, 0.6) is 11.5 Å². The molecule has 1 aromatic rings. The molecule has 0 radical (unpaired) electrons. The fraction of sp³-hybridized carbons (Fsp3) is 0.364. The Balaban J connectivity index is 2.78. The smallest absolute Gasteiger partial charge is 0.241 e. The van der Waals surface area contributed by atoms with E-state index in [2.05, 4.69) is 5.32 Å². The van der Waals surface area contributed by atoms with Gasteiger partial charge in [0.25, 0.3) is 0 Å². The first-order valence-corrected chi connectivity index (χ1v) is 5.02. The lowest BCUT2D eigenvalue weighted by atomic mass is 10.2. The lowest BCUT2D eigenvalue weighted by molar-refractivity contribution is -0.117. The van der Waals surface area contributed by atoms with Gasteiger partial charge in [0, 0.05) is 6.07 Å². The second-order valence-electron chi connectivity index (χ2n) is 3.39. The van der Waals surface area contributed by atoms with Crippen molar-refractivity contribution in [1.82, 2.24) is 0 Å². The third-order valence-corrected chi connectivity index (χ3v) is 2.24. The topological polar surface area (TPSA) is 84.6 Å². The van der Waals surface area contributed by atoms with Crippen LogP contribution in [0.4, 0.5) is 5.69 Å². The number of hydrogen-bond acceptors (Lipinski definition) is 4. The van der Waals surface area contributed by atoms with Gasteiger partial charge in [-0.3, -0.25) is 4.79 Å². The zero-order valence-electron chi connectivity index (χ0n) is 9.36. The van der Waals surface area contributed by atoms with Crippen LogP contribution in [0.3, 0.4) is 0 Å². The molecule has 1 rings (SSSR count). The Morgan fingerprint density at radius 3 is 2.81 bits per heavy atom.